The third-order valence-corrected chi connectivity index (χ3v) is 5.43. The molecule has 1 nitrogen and oxygen atoms in total. The predicted octanol–water partition coefficient (Wildman–Crippen LogP) is 4.35. The Morgan fingerprint density at radius 3 is 2.58 bits per heavy atom. The summed E-state index contributed by atoms with van der Waals surface area (Å²) >= 11 is 0. The van der Waals surface area contributed by atoms with E-state index < -0.39 is 0 Å². The van der Waals surface area contributed by atoms with Gasteiger partial charge in [-0.3, -0.25) is 0 Å². The van der Waals surface area contributed by atoms with Crippen molar-refractivity contribution in [3.8, 4) is 0 Å². The summed E-state index contributed by atoms with van der Waals surface area (Å²) in [6.45, 7) is 4.71. The van der Waals surface area contributed by atoms with E-state index in [-0.39, 0.29) is 0 Å². The highest BCUT2D eigenvalue weighted by molar-refractivity contribution is 5.21. The molecule has 1 spiro atoms. The van der Waals surface area contributed by atoms with Crippen LogP contribution in [0.15, 0.2) is 30.3 Å². The first-order valence-corrected chi connectivity index (χ1v) is 8.10. The summed E-state index contributed by atoms with van der Waals surface area (Å²) in [6, 6.07) is 11.1. The standard InChI is InChI=1S/C18H27N/c1-2-12-19-14-17-13-18(17)10-8-16(9-11-18)15-6-4-3-5-7-15/h3-7,16-17,19H,2,8-14H2,1H3. The van der Waals surface area contributed by atoms with Crippen molar-refractivity contribution in [3.05, 3.63) is 35.9 Å². The van der Waals surface area contributed by atoms with Crippen LogP contribution in [0.4, 0.5) is 0 Å². The second kappa shape index (κ2) is 5.66. The van der Waals surface area contributed by atoms with E-state index in [1.165, 1.54) is 51.6 Å². The van der Waals surface area contributed by atoms with E-state index >= 15 is 0 Å². The van der Waals surface area contributed by atoms with Crippen LogP contribution in [0.3, 0.4) is 0 Å². The van der Waals surface area contributed by atoms with Crippen molar-refractivity contribution < 1.29 is 0 Å². The molecule has 0 bridgehead atoms. The van der Waals surface area contributed by atoms with Crippen LogP contribution in [0, 0.1) is 11.3 Å². The zero-order chi connectivity index (χ0) is 13.1. The first-order valence-electron chi connectivity index (χ1n) is 8.10. The highest BCUT2D eigenvalue weighted by atomic mass is 14.9. The fourth-order valence-corrected chi connectivity index (χ4v) is 4.04. The lowest BCUT2D eigenvalue weighted by atomic mass is 9.76. The summed E-state index contributed by atoms with van der Waals surface area (Å²) in [6.07, 6.45) is 8.50. The summed E-state index contributed by atoms with van der Waals surface area (Å²) in [5.74, 6) is 1.81. The normalized spacial score (nSPS) is 33.5. The molecule has 0 aromatic heterocycles. The van der Waals surface area contributed by atoms with E-state index in [0.29, 0.717) is 0 Å². The van der Waals surface area contributed by atoms with E-state index in [2.05, 4.69) is 42.6 Å². The predicted molar refractivity (Wildman–Crippen MR) is 81.4 cm³/mol. The van der Waals surface area contributed by atoms with Crippen LogP contribution >= 0.6 is 0 Å². The van der Waals surface area contributed by atoms with E-state index in [4.69, 9.17) is 0 Å². The van der Waals surface area contributed by atoms with Crippen LogP contribution < -0.4 is 5.32 Å². The zero-order valence-corrected chi connectivity index (χ0v) is 12.2. The maximum atomic E-state index is 3.61. The number of benzene rings is 1. The van der Waals surface area contributed by atoms with Gasteiger partial charge >= 0.3 is 0 Å². The molecule has 0 heterocycles. The van der Waals surface area contributed by atoms with Crippen molar-refractivity contribution in [1.29, 1.82) is 0 Å². The van der Waals surface area contributed by atoms with Crippen LogP contribution in [0.5, 0.6) is 0 Å². The molecule has 0 amide bonds. The third kappa shape index (κ3) is 2.86. The summed E-state index contributed by atoms with van der Waals surface area (Å²) in [7, 11) is 0. The Hall–Kier alpha value is -0.820. The lowest BCUT2D eigenvalue weighted by molar-refractivity contribution is 0.278. The van der Waals surface area contributed by atoms with E-state index in [9.17, 15) is 0 Å². The molecular formula is C18H27N. The van der Waals surface area contributed by atoms with E-state index in [0.717, 1.165) is 17.3 Å². The monoisotopic (exact) mass is 257 g/mol. The van der Waals surface area contributed by atoms with Gasteiger partial charge in [0.05, 0.1) is 0 Å². The van der Waals surface area contributed by atoms with Crippen LogP contribution in [-0.2, 0) is 0 Å². The molecule has 2 aliphatic rings. The molecule has 19 heavy (non-hydrogen) atoms. The zero-order valence-electron chi connectivity index (χ0n) is 12.2. The Balaban J connectivity index is 1.48. The largest absolute Gasteiger partial charge is 0.316 e. The fraction of sp³-hybridized carbons (Fsp3) is 0.667. The van der Waals surface area contributed by atoms with Gasteiger partial charge < -0.3 is 5.32 Å². The van der Waals surface area contributed by atoms with Gasteiger partial charge in [0, 0.05) is 0 Å². The molecule has 2 aliphatic carbocycles. The topological polar surface area (TPSA) is 12.0 Å². The van der Waals surface area contributed by atoms with Crippen LogP contribution in [0.1, 0.15) is 56.9 Å². The van der Waals surface area contributed by atoms with Gasteiger partial charge in [0.2, 0.25) is 0 Å². The maximum absolute atomic E-state index is 3.61. The quantitative estimate of drug-likeness (QED) is 0.773. The molecular weight excluding hydrogens is 230 g/mol. The lowest BCUT2D eigenvalue weighted by Crippen LogP contribution is -2.23. The van der Waals surface area contributed by atoms with E-state index in [1.54, 1.807) is 5.56 Å². The van der Waals surface area contributed by atoms with Crippen molar-refractivity contribution in [1.82, 2.24) is 5.32 Å². The van der Waals surface area contributed by atoms with Crippen molar-refractivity contribution in [2.45, 2.75) is 51.4 Å². The molecule has 1 aromatic carbocycles. The molecule has 1 heteroatoms. The number of rotatable bonds is 5. The Morgan fingerprint density at radius 2 is 1.89 bits per heavy atom. The summed E-state index contributed by atoms with van der Waals surface area (Å²) in [4.78, 5) is 0. The maximum Gasteiger partial charge on any atom is -0.00150 e. The van der Waals surface area contributed by atoms with Gasteiger partial charge in [-0.15, -0.1) is 0 Å². The molecule has 2 saturated carbocycles. The molecule has 1 N–H and O–H groups in total. The molecule has 3 rings (SSSR count). The second-order valence-electron chi connectivity index (χ2n) is 6.65. The molecule has 0 saturated heterocycles. The summed E-state index contributed by atoms with van der Waals surface area (Å²) in [5.41, 5.74) is 2.31. The van der Waals surface area contributed by atoms with Crippen molar-refractivity contribution in [3.63, 3.8) is 0 Å². The number of nitrogens with one attached hydrogen (secondary N) is 1. The SMILES string of the molecule is CCCNCC1CC12CCC(c1ccccc1)CC2. The average Bonchev–Trinajstić information content (AvgIpc) is 3.13. The fourth-order valence-electron chi connectivity index (χ4n) is 4.04. The summed E-state index contributed by atoms with van der Waals surface area (Å²) in [5, 5.41) is 3.61. The first kappa shape index (κ1) is 13.2. The van der Waals surface area contributed by atoms with Gasteiger partial charge in [-0.05, 0) is 74.4 Å². The number of hydrogen-bond acceptors (Lipinski definition) is 1. The Labute approximate surface area is 117 Å². The molecule has 0 aliphatic heterocycles. The highest BCUT2D eigenvalue weighted by Gasteiger charge is 2.54. The molecule has 2 fully saturated rings. The van der Waals surface area contributed by atoms with Gasteiger partial charge in [-0.25, -0.2) is 0 Å². The van der Waals surface area contributed by atoms with Gasteiger partial charge in [-0.2, -0.15) is 0 Å². The molecule has 1 atom stereocenters. The minimum atomic E-state index is 0.742. The minimum Gasteiger partial charge on any atom is -0.316 e. The van der Waals surface area contributed by atoms with Gasteiger partial charge in [0.15, 0.2) is 0 Å². The van der Waals surface area contributed by atoms with Gasteiger partial charge in [0.25, 0.3) is 0 Å². The van der Waals surface area contributed by atoms with Gasteiger partial charge in [-0.1, -0.05) is 37.3 Å². The Bertz CT molecular complexity index is 389. The molecule has 1 unspecified atom stereocenters. The van der Waals surface area contributed by atoms with Crippen LogP contribution in [-0.4, -0.2) is 13.1 Å². The van der Waals surface area contributed by atoms with Crippen molar-refractivity contribution in [2.75, 3.05) is 13.1 Å². The van der Waals surface area contributed by atoms with Crippen molar-refractivity contribution in [2.24, 2.45) is 11.3 Å². The summed E-state index contributed by atoms with van der Waals surface area (Å²) < 4.78 is 0. The highest BCUT2D eigenvalue weighted by Crippen LogP contribution is 2.62. The van der Waals surface area contributed by atoms with Crippen LogP contribution in [0.2, 0.25) is 0 Å². The first-order chi connectivity index (χ1) is 9.34. The van der Waals surface area contributed by atoms with Gasteiger partial charge in [0.1, 0.15) is 0 Å². The molecule has 0 radical (unpaired) electrons. The Morgan fingerprint density at radius 1 is 1.16 bits per heavy atom. The van der Waals surface area contributed by atoms with Crippen molar-refractivity contribution >= 4 is 0 Å². The molecule has 1 aromatic rings. The Kier molecular flexibility index (Phi) is 3.93. The minimum absolute atomic E-state index is 0.742. The second-order valence-corrected chi connectivity index (χ2v) is 6.65. The smallest absolute Gasteiger partial charge is 0.00150 e. The molecule has 104 valence electrons. The third-order valence-electron chi connectivity index (χ3n) is 5.43. The van der Waals surface area contributed by atoms with E-state index in [1.807, 2.05) is 0 Å². The van der Waals surface area contributed by atoms with Crippen LogP contribution in [0.25, 0.3) is 0 Å². The lowest BCUT2D eigenvalue weighted by Gasteiger charge is -2.30. The number of hydrogen-bond donors (Lipinski definition) is 1. The average molecular weight is 257 g/mol.